The Morgan fingerprint density at radius 3 is 2.56 bits per heavy atom. The molecule has 0 aliphatic heterocycles. The summed E-state index contributed by atoms with van der Waals surface area (Å²) in [6.45, 7) is 4.95. The normalized spacial score (nSPS) is 10.7. The van der Waals surface area contributed by atoms with Crippen LogP contribution >= 0.6 is 11.6 Å². The summed E-state index contributed by atoms with van der Waals surface area (Å²) in [6.07, 6.45) is 1.61. The van der Waals surface area contributed by atoms with Crippen molar-refractivity contribution in [1.29, 1.82) is 0 Å². The largest absolute Gasteiger partial charge is 0.365 e. The van der Waals surface area contributed by atoms with E-state index in [1.807, 2.05) is 42.5 Å². The van der Waals surface area contributed by atoms with E-state index in [1.165, 1.54) is 5.56 Å². The molecule has 0 radical (unpaired) electrons. The lowest BCUT2D eigenvalue weighted by atomic mass is 10.0. The summed E-state index contributed by atoms with van der Waals surface area (Å²) >= 11 is 5.90. The predicted octanol–water partition coefficient (Wildman–Crippen LogP) is 5.00. The highest BCUT2D eigenvalue weighted by Gasteiger charge is 2.08. The zero-order valence-corrected chi connectivity index (χ0v) is 15.0. The molecule has 6 heteroatoms. The van der Waals surface area contributed by atoms with E-state index in [4.69, 9.17) is 11.6 Å². The Morgan fingerprint density at radius 2 is 1.80 bits per heavy atom. The molecule has 3 aromatic rings. The molecule has 0 saturated carbocycles. The maximum Gasteiger partial charge on any atom is 0.249 e. The summed E-state index contributed by atoms with van der Waals surface area (Å²) in [5, 5.41) is 15.3. The molecule has 0 spiro atoms. The molecule has 1 heterocycles. The van der Waals surface area contributed by atoms with E-state index < -0.39 is 0 Å². The predicted molar refractivity (Wildman–Crippen MR) is 102 cm³/mol. The van der Waals surface area contributed by atoms with Crippen LogP contribution in [0.25, 0.3) is 0 Å². The minimum absolute atomic E-state index is 0.405. The highest BCUT2D eigenvalue weighted by atomic mass is 35.5. The summed E-state index contributed by atoms with van der Waals surface area (Å²) < 4.78 is 0. The Hall–Kier alpha value is -2.66. The van der Waals surface area contributed by atoms with Crippen LogP contribution < -0.4 is 10.6 Å². The summed E-state index contributed by atoms with van der Waals surface area (Å²) in [5.41, 5.74) is 3.32. The van der Waals surface area contributed by atoms with Crippen LogP contribution in [0.2, 0.25) is 5.02 Å². The van der Waals surface area contributed by atoms with Crippen LogP contribution in [0.5, 0.6) is 0 Å². The third kappa shape index (κ3) is 4.67. The van der Waals surface area contributed by atoms with Gasteiger partial charge in [0.15, 0.2) is 5.82 Å². The molecule has 0 bridgehead atoms. The Bertz CT molecular complexity index is 833. The highest BCUT2D eigenvalue weighted by molar-refractivity contribution is 6.30. The molecule has 1 aromatic heterocycles. The van der Waals surface area contributed by atoms with Crippen molar-refractivity contribution < 1.29 is 0 Å². The van der Waals surface area contributed by atoms with Crippen molar-refractivity contribution in [3.8, 4) is 0 Å². The van der Waals surface area contributed by atoms with Crippen molar-refractivity contribution >= 4 is 29.1 Å². The topological polar surface area (TPSA) is 62.7 Å². The van der Waals surface area contributed by atoms with Gasteiger partial charge in [0.25, 0.3) is 0 Å². The number of anilines is 3. The second-order valence-corrected chi connectivity index (χ2v) is 6.45. The smallest absolute Gasteiger partial charge is 0.249 e. The third-order valence-electron chi connectivity index (χ3n) is 3.77. The quantitative estimate of drug-likeness (QED) is 0.652. The molecule has 5 nitrogen and oxygen atoms in total. The monoisotopic (exact) mass is 353 g/mol. The first kappa shape index (κ1) is 17.2. The summed E-state index contributed by atoms with van der Waals surface area (Å²) in [4.78, 5) is 4.48. The van der Waals surface area contributed by atoms with Crippen molar-refractivity contribution in [1.82, 2.24) is 15.2 Å². The van der Waals surface area contributed by atoms with E-state index >= 15 is 0 Å². The Morgan fingerprint density at radius 1 is 1.04 bits per heavy atom. The summed E-state index contributed by atoms with van der Waals surface area (Å²) in [6, 6.07) is 15.8. The lowest BCUT2D eigenvalue weighted by Gasteiger charge is -2.13. The van der Waals surface area contributed by atoms with Gasteiger partial charge in [0, 0.05) is 17.3 Å². The maximum absolute atomic E-state index is 5.90. The molecule has 3 rings (SSSR count). The van der Waals surface area contributed by atoms with E-state index in [0.717, 1.165) is 16.3 Å². The fourth-order valence-corrected chi connectivity index (χ4v) is 2.60. The summed E-state index contributed by atoms with van der Waals surface area (Å²) in [7, 11) is 0. The van der Waals surface area contributed by atoms with Gasteiger partial charge in [-0.2, -0.15) is 10.1 Å². The molecule has 0 aliphatic rings. The van der Waals surface area contributed by atoms with Crippen molar-refractivity contribution in [2.24, 2.45) is 0 Å². The fourth-order valence-electron chi connectivity index (χ4n) is 2.47. The average Bonchev–Trinajstić information content (AvgIpc) is 2.62. The average molecular weight is 354 g/mol. The minimum atomic E-state index is 0.405. The fraction of sp³-hybridized carbons (Fsp3) is 0.211. The molecular weight excluding hydrogens is 334 g/mol. The van der Waals surface area contributed by atoms with Crippen molar-refractivity contribution in [2.75, 3.05) is 10.6 Å². The Balaban J connectivity index is 1.70. The second-order valence-electron chi connectivity index (χ2n) is 6.01. The number of hydrogen-bond acceptors (Lipinski definition) is 5. The van der Waals surface area contributed by atoms with Crippen LogP contribution in [0.4, 0.5) is 17.5 Å². The second kappa shape index (κ2) is 7.94. The number of nitrogens with zero attached hydrogens (tertiary/aromatic N) is 3. The van der Waals surface area contributed by atoms with Gasteiger partial charge in [-0.3, -0.25) is 0 Å². The molecule has 0 amide bonds. The number of rotatable bonds is 6. The minimum Gasteiger partial charge on any atom is -0.365 e. The molecule has 0 aliphatic carbocycles. The van der Waals surface area contributed by atoms with Crippen LogP contribution in [0, 0.1) is 0 Å². The number of halogens is 1. The highest BCUT2D eigenvalue weighted by Crippen LogP contribution is 2.25. The van der Waals surface area contributed by atoms with Crippen LogP contribution in [0.3, 0.4) is 0 Å². The van der Waals surface area contributed by atoms with Crippen molar-refractivity contribution in [3.05, 3.63) is 70.9 Å². The van der Waals surface area contributed by atoms with Gasteiger partial charge >= 0.3 is 0 Å². The molecule has 128 valence electrons. The zero-order chi connectivity index (χ0) is 17.6. The lowest BCUT2D eigenvalue weighted by molar-refractivity contribution is 0.867. The van der Waals surface area contributed by atoms with Crippen LogP contribution in [0.15, 0.2) is 54.7 Å². The molecular formula is C19H20ClN5. The van der Waals surface area contributed by atoms with Gasteiger partial charge in [0.1, 0.15) is 0 Å². The molecule has 2 N–H and O–H groups in total. The van der Waals surface area contributed by atoms with Crippen molar-refractivity contribution in [2.45, 2.75) is 26.3 Å². The van der Waals surface area contributed by atoms with Gasteiger partial charge in [-0.25, -0.2) is 0 Å². The van der Waals surface area contributed by atoms with Gasteiger partial charge in [-0.1, -0.05) is 55.8 Å². The van der Waals surface area contributed by atoms with E-state index in [9.17, 15) is 0 Å². The lowest BCUT2D eigenvalue weighted by Crippen LogP contribution is -2.06. The van der Waals surface area contributed by atoms with Gasteiger partial charge in [0.05, 0.1) is 6.20 Å². The molecule has 0 unspecified atom stereocenters. The first-order valence-electron chi connectivity index (χ1n) is 8.16. The molecule has 0 saturated heterocycles. The number of benzene rings is 2. The number of hydrogen-bond donors (Lipinski definition) is 2. The third-order valence-corrected chi connectivity index (χ3v) is 4.03. The molecule has 0 fully saturated rings. The number of nitrogens with one attached hydrogen (secondary N) is 2. The van der Waals surface area contributed by atoms with Gasteiger partial charge < -0.3 is 10.6 Å². The van der Waals surface area contributed by atoms with Gasteiger partial charge in [-0.15, -0.1) is 5.10 Å². The van der Waals surface area contributed by atoms with E-state index in [0.29, 0.717) is 24.2 Å². The van der Waals surface area contributed by atoms with Gasteiger partial charge in [0.2, 0.25) is 5.95 Å². The first-order valence-corrected chi connectivity index (χ1v) is 8.53. The summed E-state index contributed by atoms with van der Waals surface area (Å²) in [5.74, 6) is 1.53. The maximum atomic E-state index is 5.90. The Kier molecular flexibility index (Phi) is 5.46. The SMILES string of the molecule is CC(C)c1ccccc1Nc1nncc(NCc2ccc(Cl)cc2)n1. The van der Waals surface area contributed by atoms with Crippen LogP contribution in [-0.4, -0.2) is 15.2 Å². The van der Waals surface area contributed by atoms with Crippen LogP contribution in [0.1, 0.15) is 30.9 Å². The van der Waals surface area contributed by atoms with E-state index in [2.05, 4.69) is 45.7 Å². The Labute approximate surface area is 152 Å². The van der Waals surface area contributed by atoms with E-state index in [1.54, 1.807) is 6.20 Å². The zero-order valence-electron chi connectivity index (χ0n) is 14.2. The standard InChI is InChI=1S/C19H20ClN5/c1-13(2)16-5-3-4-6-17(16)23-19-24-18(12-22-25-19)21-11-14-7-9-15(20)10-8-14/h3-10,12-13H,11H2,1-2H3,(H2,21,23,24,25). The van der Waals surface area contributed by atoms with Crippen LogP contribution in [-0.2, 0) is 6.54 Å². The molecule has 2 aromatic carbocycles. The van der Waals surface area contributed by atoms with Crippen molar-refractivity contribution in [3.63, 3.8) is 0 Å². The van der Waals surface area contributed by atoms with E-state index in [-0.39, 0.29) is 0 Å². The van der Waals surface area contributed by atoms with Gasteiger partial charge in [-0.05, 0) is 35.2 Å². The molecule has 25 heavy (non-hydrogen) atoms. The number of aromatic nitrogens is 3. The molecule has 0 atom stereocenters. The first-order chi connectivity index (χ1) is 12.1. The number of para-hydroxylation sites is 1.